The highest BCUT2D eigenvalue weighted by atomic mass is 79.9. The minimum absolute atomic E-state index is 0.290. The Kier molecular flexibility index (Phi) is 5.07. The third-order valence-corrected chi connectivity index (χ3v) is 5.62. The predicted octanol–water partition coefficient (Wildman–Crippen LogP) is 5.46. The third-order valence-electron chi connectivity index (χ3n) is 5.10. The van der Waals surface area contributed by atoms with E-state index in [0.717, 1.165) is 21.3 Å². The van der Waals surface area contributed by atoms with E-state index < -0.39 is 0 Å². The number of carbonyl (C=O) groups is 2. The molecule has 3 aromatic carbocycles. The lowest BCUT2D eigenvalue weighted by molar-refractivity contribution is -0.120. The molecule has 0 atom stereocenters. The lowest BCUT2D eigenvalue weighted by Gasteiger charge is -2.16. The quantitative estimate of drug-likeness (QED) is 0.541. The Morgan fingerprint density at radius 1 is 0.793 bits per heavy atom. The van der Waals surface area contributed by atoms with Crippen molar-refractivity contribution in [2.45, 2.75) is 13.8 Å². The molecule has 0 saturated heterocycles. The summed E-state index contributed by atoms with van der Waals surface area (Å²) in [4.78, 5) is 27.9. The minimum atomic E-state index is -0.364. The van der Waals surface area contributed by atoms with Crippen molar-refractivity contribution < 1.29 is 9.59 Å². The van der Waals surface area contributed by atoms with Crippen LogP contribution < -0.4 is 10.2 Å². The van der Waals surface area contributed by atoms with Crippen LogP contribution in [0.1, 0.15) is 16.7 Å². The topological polar surface area (TPSA) is 49.4 Å². The number of amides is 2. The fourth-order valence-electron chi connectivity index (χ4n) is 3.36. The van der Waals surface area contributed by atoms with Gasteiger partial charge >= 0.3 is 0 Å². The van der Waals surface area contributed by atoms with Crippen molar-refractivity contribution in [1.82, 2.24) is 0 Å². The first kappa shape index (κ1) is 19.2. The van der Waals surface area contributed by atoms with Crippen LogP contribution >= 0.6 is 15.9 Å². The number of benzene rings is 3. The Labute approximate surface area is 178 Å². The molecule has 4 nitrogen and oxygen atoms in total. The van der Waals surface area contributed by atoms with Gasteiger partial charge in [0.1, 0.15) is 5.70 Å². The smallest absolute Gasteiger partial charge is 0.282 e. The number of rotatable bonds is 4. The normalized spacial score (nSPS) is 14.0. The van der Waals surface area contributed by atoms with Crippen LogP contribution in [0.2, 0.25) is 0 Å². The zero-order chi connectivity index (χ0) is 20.5. The highest BCUT2D eigenvalue weighted by Gasteiger charge is 2.40. The summed E-state index contributed by atoms with van der Waals surface area (Å²) in [5.74, 6) is -0.701. The Bertz CT molecular complexity index is 1140. The van der Waals surface area contributed by atoms with Gasteiger partial charge in [0, 0.05) is 10.2 Å². The van der Waals surface area contributed by atoms with Crippen molar-refractivity contribution in [3.05, 3.63) is 99.7 Å². The SMILES string of the molecule is Cc1cccc(NC2=C(c3ccccc3)C(=O)N(c3ccc(Br)cc3)C2=O)c1C. The van der Waals surface area contributed by atoms with Gasteiger partial charge in [0.05, 0.1) is 11.3 Å². The van der Waals surface area contributed by atoms with Crippen molar-refractivity contribution in [1.29, 1.82) is 0 Å². The van der Waals surface area contributed by atoms with Gasteiger partial charge in [-0.25, -0.2) is 4.90 Å². The van der Waals surface area contributed by atoms with Crippen LogP contribution in [0.25, 0.3) is 5.57 Å². The molecule has 5 heteroatoms. The van der Waals surface area contributed by atoms with Gasteiger partial charge in [-0.1, -0.05) is 58.4 Å². The van der Waals surface area contributed by atoms with Crippen LogP contribution in [0.5, 0.6) is 0 Å². The number of hydrogen-bond donors (Lipinski definition) is 1. The molecule has 0 radical (unpaired) electrons. The lowest BCUT2D eigenvalue weighted by atomic mass is 10.0. The first-order valence-corrected chi connectivity index (χ1v) is 10.0. The molecule has 1 aliphatic heterocycles. The van der Waals surface area contributed by atoms with Gasteiger partial charge in [0.25, 0.3) is 11.8 Å². The van der Waals surface area contributed by atoms with Crippen LogP contribution in [-0.2, 0) is 9.59 Å². The molecule has 0 fully saturated rings. The molecule has 29 heavy (non-hydrogen) atoms. The number of halogens is 1. The van der Waals surface area contributed by atoms with E-state index in [1.807, 2.05) is 74.5 Å². The van der Waals surface area contributed by atoms with E-state index in [2.05, 4.69) is 21.2 Å². The molecule has 0 spiro atoms. The minimum Gasteiger partial charge on any atom is -0.350 e. The fourth-order valence-corrected chi connectivity index (χ4v) is 3.63. The summed E-state index contributed by atoms with van der Waals surface area (Å²) in [6.45, 7) is 4.01. The molecule has 4 rings (SSSR count). The highest BCUT2D eigenvalue weighted by Crippen LogP contribution is 2.34. The van der Waals surface area contributed by atoms with Crippen molar-refractivity contribution >= 4 is 44.7 Å². The number of hydrogen-bond acceptors (Lipinski definition) is 3. The Morgan fingerprint density at radius 2 is 1.48 bits per heavy atom. The Morgan fingerprint density at radius 3 is 2.17 bits per heavy atom. The Hall–Kier alpha value is -3.18. The first-order valence-electron chi connectivity index (χ1n) is 9.24. The average molecular weight is 447 g/mol. The van der Waals surface area contributed by atoms with E-state index in [4.69, 9.17) is 0 Å². The monoisotopic (exact) mass is 446 g/mol. The van der Waals surface area contributed by atoms with Crippen LogP contribution in [0, 0.1) is 13.8 Å². The number of aryl methyl sites for hydroxylation is 1. The van der Waals surface area contributed by atoms with E-state index in [1.165, 1.54) is 4.90 Å². The van der Waals surface area contributed by atoms with E-state index in [9.17, 15) is 9.59 Å². The number of carbonyl (C=O) groups excluding carboxylic acids is 2. The molecule has 0 unspecified atom stereocenters. The van der Waals surface area contributed by atoms with Crippen molar-refractivity contribution in [3.63, 3.8) is 0 Å². The molecule has 144 valence electrons. The van der Waals surface area contributed by atoms with Gasteiger partial charge in [0.2, 0.25) is 0 Å². The van der Waals surface area contributed by atoms with E-state index in [1.54, 1.807) is 12.1 Å². The first-order chi connectivity index (χ1) is 14.0. The second-order valence-corrected chi connectivity index (χ2v) is 7.83. The van der Waals surface area contributed by atoms with E-state index >= 15 is 0 Å². The van der Waals surface area contributed by atoms with E-state index in [0.29, 0.717) is 16.8 Å². The number of anilines is 2. The molecule has 1 N–H and O–H groups in total. The van der Waals surface area contributed by atoms with Crippen LogP contribution in [0.15, 0.2) is 83.0 Å². The summed E-state index contributed by atoms with van der Waals surface area (Å²) >= 11 is 3.39. The maximum Gasteiger partial charge on any atom is 0.282 e. The van der Waals surface area contributed by atoms with E-state index in [-0.39, 0.29) is 17.5 Å². The zero-order valence-electron chi connectivity index (χ0n) is 16.1. The second kappa shape index (κ2) is 7.68. The summed E-state index contributed by atoms with van der Waals surface area (Å²) < 4.78 is 0.880. The zero-order valence-corrected chi connectivity index (χ0v) is 17.7. The largest absolute Gasteiger partial charge is 0.350 e. The predicted molar refractivity (Wildman–Crippen MR) is 120 cm³/mol. The number of nitrogens with zero attached hydrogens (tertiary/aromatic N) is 1. The van der Waals surface area contributed by atoms with Crippen molar-refractivity contribution in [2.75, 3.05) is 10.2 Å². The van der Waals surface area contributed by atoms with Gasteiger partial charge in [-0.3, -0.25) is 9.59 Å². The third kappa shape index (κ3) is 3.49. The summed E-state index contributed by atoms with van der Waals surface area (Å²) in [6, 6.07) is 22.3. The maximum absolute atomic E-state index is 13.4. The summed E-state index contributed by atoms with van der Waals surface area (Å²) in [6.07, 6.45) is 0. The highest BCUT2D eigenvalue weighted by molar-refractivity contribution is 9.10. The van der Waals surface area contributed by atoms with Crippen molar-refractivity contribution in [3.8, 4) is 0 Å². The molecule has 1 heterocycles. The summed E-state index contributed by atoms with van der Waals surface area (Å²) in [5, 5.41) is 3.25. The fraction of sp³-hybridized carbons (Fsp3) is 0.0833. The maximum atomic E-state index is 13.4. The summed E-state index contributed by atoms with van der Waals surface area (Å²) in [5.41, 5.74) is 4.87. The van der Waals surface area contributed by atoms with Gasteiger partial charge < -0.3 is 5.32 Å². The molecule has 0 bridgehead atoms. The molecule has 1 aliphatic rings. The Balaban J connectivity index is 1.84. The summed E-state index contributed by atoms with van der Waals surface area (Å²) in [7, 11) is 0. The molecule has 0 aliphatic carbocycles. The van der Waals surface area contributed by atoms with Gasteiger partial charge in [-0.05, 0) is 60.9 Å². The lowest BCUT2D eigenvalue weighted by Crippen LogP contribution is -2.32. The number of imide groups is 1. The molecular weight excluding hydrogens is 428 g/mol. The molecule has 2 amide bonds. The molecule has 3 aromatic rings. The van der Waals surface area contributed by atoms with Gasteiger partial charge in [-0.2, -0.15) is 0 Å². The van der Waals surface area contributed by atoms with Crippen LogP contribution in [0.4, 0.5) is 11.4 Å². The van der Waals surface area contributed by atoms with Gasteiger partial charge in [-0.15, -0.1) is 0 Å². The molecule has 0 saturated carbocycles. The molecule has 0 aromatic heterocycles. The van der Waals surface area contributed by atoms with Crippen LogP contribution in [0.3, 0.4) is 0 Å². The van der Waals surface area contributed by atoms with Crippen LogP contribution in [-0.4, -0.2) is 11.8 Å². The standard InChI is InChI=1S/C24H19BrN2O2/c1-15-7-6-10-20(16(15)2)26-22-21(17-8-4-3-5-9-17)23(28)27(24(22)29)19-13-11-18(25)12-14-19/h3-14,26H,1-2H3. The average Bonchev–Trinajstić information content (AvgIpc) is 2.96. The molecular formula is C24H19BrN2O2. The van der Waals surface area contributed by atoms with Crippen molar-refractivity contribution in [2.24, 2.45) is 0 Å². The number of nitrogens with one attached hydrogen (secondary N) is 1. The second-order valence-electron chi connectivity index (χ2n) is 6.91. The van der Waals surface area contributed by atoms with Gasteiger partial charge in [0.15, 0.2) is 0 Å².